The van der Waals surface area contributed by atoms with Crippen molar-refractivity contribution >= 4 is 101 Å². The predicted molar refractivity (Wildman–Crippen MR) is 524 cm³/mol. The van der Waals surface area contributed by atoms with E-state index in [1.165, 1.54) is 97.1 Å². The van der Waals surface area contributed by atoms with Gasteiger partial charge in [0.25, 0.3) is 0 Å². The van der Waals surface area contributed by atoms with Crippen molar-refractivity contribution in [3.8, 4) is 112 Å². The van der Waals surface area contributed by atoms with E-state index in [0.717, 1.165) is 0 Å². The summed E-state index contributed by atoms with van der Waals surface area (Å²) in [4.78, 5) is 7.17. The van der Waals surface area contributed by atoms with Gasteiger partial charge in [0.2, 0.25) is 78.7 Å². The minimum Gasteiger partial charge on any atom is -0.493 e. The largest absolute Gasteiger partial charge is 0.493 e. The molecule has 32 heteroatoms. The lowest BCUT2D eigenvalue weighted by Gasteiger charge is -2.35. The molecule has 0 aliphatic carbocycles. The van der Waals surface area contributed by atoms with Gasteiger partial charge >= 0.3 is 0 Å². The molecular weight excluding hydrogens is 1930 g/mol. The highest BCUT2D eigenvalue weighted by atomic mass is 32.2. The molecule has 0 saturated carbocycles. The molecule has 0 fully saturated rings. The van der Waals surface area contributed by atoms with Crippen LogP contribution in [0.25, 0.3) is 111 Å². The van der Waals surface area contributed by atoms with Gasteiger partial charge in [0.15, 0.2) is 0 Å². The molecule has 4 N–H and O–H groups in total. The number of nitrogens with one attached hydrogen (secondary N) is 4. The number of benzene rings is 12. The lowest BCUT2D eigenvalue weighted by molar-refractivity contribution is 0.339. The smallest absolute Gasteiger partial charge is 0.209 e. The van der Waals surface area contributed by atoms with Gasteiger partial charge in [0.1, 0.15) is 62.2 Å². The van der Waals surface area contributed by atoms with Gasteiger partial charge < -0.3 is 38.9 Å². The molecule has 16 aromatic rings. The second-order valence-electron chi connectivity index (χ2n) is 36.8. The minimum absolute atomic E-state index is 0.0221. The van der Waals surface area contributed by atoms with Gasteiger partial charge in [0.05, 0.1) is 65.6 Å². The van der Waals surface area contributed by atoms with Crippen LogP contribution in [0.15, 0.2) is 272 Å². The summed E-state index contributed by atoms with van der Waals surface area (Å²) in [6.45, 7) is 20.0. The number of ether oxygens (including phenoxy) is 4. The SMILES string of the molecule is CCOc1c(C2=c3ccc([nH]3)=C(c3c(OCC)c4c5c(c3S(=O)(=O)c3ccc(C)cc3-5)S(=O)(=O)c3ccc(C)cc3-4)c3ccc([nH]3)C(c3c(OCC)c4c5c(c3S(=O)(=O)c3ccc(C)cc3-5)S(=O)(=O)c3ccc(C)cc3-4)=c3ccc([nH]3)=C(c3c(OCC)c4c5c(c3S(=O)(=O)c3ccc(C)cc3-5)S(=O)(=O)c3ccc(C)cc3-4)c3ccc2[nH]3)c2c3c(c1-c1cc(C)ccc1S3(=O)=O)-c1cc(C)ccc1S2(=O)=O. The van der Waals surface area contributed by atoms with E-state index in [2.05, 4.69) is 19.9 Å². The summed E-state index contributed by atoms with van der Waals surface area (Å²) in [5, 5.41) is -0.402. The normalized spacial score (nSPS) is 16.8. The van der Waals surface area contributed by atoms with E-state index in [1.54, 1.807) is 180 Å². The van der Waals surface area contributed by atoms with Crippen LogP contribution in [0.4, 0.5) is 0 Å². The molecule has 0 atom stereocenters. The molecule has 140 heavy (non-hydrogen) atoms. The Hall–Kier alpha value is -14.0. The van der Waals surface area contributed by atoms with Gasteiger partial charge in [-0.1, -0.05) is 117 Å². The maximum atomic E-state index is 17.1. The first-order valence-corrected chi connectivity index (χ1v) is 57.1. The number of fused-ring (bicyclic) bond motifs is 20. The molecule has 700 valence electrons. The number of sulfone groups is 8. The molecule has 0 unspecified atom stereocenters. The van der Waals surface area contributed by atoms with Crippen molar-refractivity contribution in [1.29, 1.82) is 0 Å². The second kappa shape index (κ2) is 28.9. The van der Waals surface area contributed by atoms with Crippen LogP contribution in [0.2, 0.25) is 0 Å². The van der Waals surface area contributed by atoms with Crippen molar-refractivity contribution in [2.24, 2.45) is 0 Å². The molecule has 25 rings (SSSR count). The summed E-state index contributed by atoms with van der Waals surface area (Å²) in [6.07, 6.45) is 0. The number of aromatic nitrogens is 4. The van der Waals surface area contributed by atoms with Crippen molar-refractivity contribution in [2.75, 3.05) is 26.4 Å². The fraction of sp³-hybridized carbons (Fsp3) is 0.148. The first kappa shape index (κ1) is 87.5. The third-order valence-corrected chi connectivity index (χ3v) is 43.8. The van der Waals surface area contributed by atoms with Crippen LogP contribution in [-0.2, 0) is 78.7 Å². The van der Waals surface area contributed by atoms with Crippen LogP contribution in [0, 0.1) is 55.4 Å². The van der Waals surface area contributed by atoms with Gasteiger partial charge in [-0.15, -0.1) is 0 Å². The van der Waals surface area contributed by atoms with Crippen LogP contribution >= 0.6 is 0 Å². The molecular formula is C108H80N4O20S8. The average Bonchev–Trinajstić information content (AvgIpc) is 0.745. The summed E-state index contributed by atoms with van der Waals surface area (Å²) in [7, 11) is -40.8. The van der Waals surface area contributed by atoms with Crippen molar-refractivity contribution in [1.82, 2.24) is 19.9 Å². The van der Waals surface area contributed by atoms with Crippen LogP contribution in [0.5, 0.6) is 23.0 Å². The zero-order chi connectivity index (χ0) is 97.8. The van der Waals surface area contributed by atoms with Crippen LogP contribution in [0.1, 0.15) is 117 Å². The number of H-pyrrole nitrogens is 4. The molecule has 4 aromatic heterocycles. The van der Waals surface area contributed by atoms with Crippen LogP contribution in [-0.4, -0.2) is 114 Å². The average molecular weight is 2010 g/mol. The van der Waals surface area contributed by atoms with Gasteiger partial charge in [-0.25, -0.2) is 67.3 Å². The topological polar surface area (TPSA) is 373 Å². The molecule has 0 spiro atoms. The Bertz CT molecular complexity index is 8980. The monoisotopic (exact) mass is 2010 g/mol. The van der Waals surface area contributed by atoms with Crippen molar-refractivity contribution in [3.05, 3.63) is 305 Å². The molecule has 24 bridgehead atoms. The van der Waals surface area contributed by atoms with Crippen LogP contribution < -0.4 is 40.3 Å². The standard InChI is InChI=1S/C108H80N4O20S8/c1-13-129-97-81-57-41-49(5)17-33-73(57)133(113,114)101-85(81)61-45-53(9)21-37-77(61)137(121,122)105(101)93(97)89-65-25-27-67(109-65)90(94-98(130-14-2)82-58-42-50(6)18-34-74(58)134(115,116)102-86(82)62-46-54(10)22-38-78(62)138(123,124)106(94)102)69-29-31-71(111-69)92(96-100(132-16-4)84-60-44-52(8)20-36-76(60)136(119,120)104-88(84)64-48-56(12)24-40-80(64)140(127,128)108(96)104)72-32-30-70(112-72)91(68-28-26-66(89)110-68)95-99(131-15-3)83-59-43-51(7)19-35-75(59)135(117,118)103-87(83)63-47-55(11)23-39-79(63)139(125,126)107(95)103/h17-48,109-112H,13-16H2,1-12H3. The van der Waals surface area contributed by atoms with Crippen LogP contribution in [0.3, 0.4) is 0 Å². The zero-order valence-corrected chi connectivity index (χ0v) is 83.3. The maximum absolute atomic E-state index is 17.1. The number of hydrogen-bond donors (Lipinski definition) is 4. The van der Waals surface area contributed by atoms with E-state index < -0.39 is 118 Å². The fourth-order valence-corrected chi connectivity index (χ4v) is 39.3. The highest BCUT2D eigenvalue weighted by Gasteiger charge is 2.56. The number of hydrogen-bond acceptors (Lipinski definition) is 20. The molecule has 0 saturated heterocycles. The molecule has 0 amide bonds. The summed E-state index contributed by atoms with van der Waals surface area (Å²) >= 11 is 0. The van der Waals surface area contributed by atoms with E-state index in [-0.39, 0.29) is 266 Å². The summed E-state index contributed by atoms with van der Waals surface area (Å²) in [6, 6.07) is 49.6. The Balaban J connectivity index is 0.939. The van der Waals surface area contributed by atoms with Gasteiger partial charge in [-0.2, -0.15) is 0 Å². The lowest BCUT2D eigenvalue weighted by Crippen LogP contribution is -2.28. The maximum Gasteiger partial charge on any atom is 0.209 e. The zero-order valence-electron chi connectivity index (χ0n) is 76.7. The third kappa shape index (κ3) is 11.2. The van der Waals surface area contributed by atoms with E-state index in [1.807, 2.05) is 0 Å². The fourth-order valence-electron chi connectivity index (χ4n) is 22.8. The van der Waals surface area contributed by atoms with Gasteiger partial charge in [-0.05, 0) is 204 Å². The number of aryl methyl sites for hydroxylation is 8. The van der Waals surface area contributed by atoms with Crippen molar-refractivity contribution in [3.63, 3.8) is 0 Å². The van der Waals surface area contributed by atoms with E-state index in [4.69, 9.17) is 18.9 Å². The second-order valence-corrected chi connectivity index (χ2v) is 51.7. The number of rotatable bonds is 12. The summed E-state index contributed by atoms with van der Waals surface area (Å²) < 4.78 is 299. The molecule has 24 nitrogen and oxygen atoms in total. The summed E-state index contributed by atoms with van der Waals surface area (Å²) in [5.41, 5.74) is 3.81. The van der Waals surface area contributed by atoms with E-state index >= 15 is 67.3 Å². The molecule has 9 aliphatic rings. The Kier molecular flexibility index (Phi) is 18.1. The minimum atomic E-state index is -5.20. The van der Waals surface area contributed by atoms with E-state index in [9.17, 15) is 0 Å². The first-order valence-electron chi connectivity index (χ1n) is 45.3. The molecule has 0 radical (unpaired) electrons. The lowest BCUT2D eigenvalue weighted by atomic mass is 9.86. The highest BCUT2D eigenvalue weighted by molar-refractivity contribution is 7.97. The molecule has 9 aliphatic heterocycles. The third-order valence-electron chi connectivity index (χ3n) is 28.2. The highest BCUT2D eigenvalue weighted by Crippen LogP contribution is 2.68. The Morgan fingerprint density at radius 1 is 0.186 bits per heavy atom. The first-order chi connectivity index (χ1) is 66.6. The Labute approximate surface area is 805 Å². The van der Waals surface area contributed by atoms with E-state index in [0.29, 0.717) is 44.5 Å². The molecule has 12 aromatic carbocycles. The quantitative estimate of drug-likeness (QED) is 0.0882. The van der Waals surface area contributed by atoms with Crippen molar-refractivity contribution < 1.29 is 86.3 Å². The Morgan fingerprint density at radius 2 is 0.336 bits per heavy atom. The predicted octanol–water partition coefficient (Wildman–Crippen LogP) is 16.9. The van der Waals surface area contributed by atoms with Crippen molar-refractivity contribution in [2.45, 2.75) is 161 Å². The number of aromatic amines is 4. The van der Waals surface area contributed by atoms with Gasteiger partial charge in [0, 0.05) is 178 Å². The molecule has 13 heterocycles. The van der Waals surface area contributed by atoms with Gasteiger partial charge in [-0.3, -0.25) is 0 Å². The summed E-state index contributed by atoms with van der Waals surface area (Å²) in [5.74, 6) is -0.574. The Morgan fingerprint density at radius 3 is 0.493 bits per heavy atom.